The van der Waals surface area contributed by atoms with Gasteiger partial charge >= 0.3 is 0 Å². The molecule has 2 aromatic rings. The van der Waals surface area contributed by atoms with Crippen LogP contribution in [0.15, 0.2) is 23.6 Å². The third-order valence-corrected chi connectivity index (χ3v) is 2.95. The molecule has 1 aromatic carbocycles. The zero-order chi connectivity index (χ0) is 13.0. The summed E-state index contributed by atoms with van der Waals surface area (Å²) in [5.41, 5.74) is 4.22. The van der Waals surface area contributed by atoms with Crippen LogP contribution in [-0.4, -0.2) is 37.1 Å². The van der Waals surface area contributed by atoms with Gasteiger partial charge in [0.1, 0.15) is 6.61 Å². The molecule has 0 fully saturated rings. The van der Waals surface area contributed by atoms with Gasteiger partial charge < -0.3 is 9.64 Å². The number of hydrogen-bond donors (Lipinski definition) is 0. The van der Waals surface area contributed by atoms with Crippen LogP contribution in [0.1, 0.15) is 0 Å². The van der Waals surface area contributed by atoms with E-state index in [1.165, 1.54) is 17.4 Å². The van der Waals surface area contributed by atoms with E-state index in [4.69, 9.17) is 4.74 Å². The van der Waals surface area contributed by atoms with Gasteiger partial charge in [-0.1, -0.05) is 0 Å². The summed E-state index contributed by atoms with van der Waals surface area (Å²) >= 11 is 1.37. The number of rotatable bonds is 5. The molecule has 0 amide bonds. The van der Waals surface area contributed by atoms with Crippen molar-refractivity contribution in [2.24, 2.45) is 0 Å². The zero-order valence-electron chi connectivity index (χ0n) is 10.3. The Kier molecular flexibility index (Phi) is 4.28. The zero-order valence-corrected chi connectivity index (χ0v) is 11.1. The number of ether oxygens (including phenoxy) is 1. The summed E-state index contributed by atoms with van der Waals surface area (Å²) in [5, 5.41) is 1.83. The van der Waals surface area contributed by atoms with E-state index in [2.05, 4.69) is 10.5 Å². The highest BCUT2D eigenvalue weighted by Gasteiger charge is 2.07. The lowest BCUT2D eigenvalue weighted by atomic mass is 10.1. The van der Waals surface area contributed by atoms with Crippen molar-refractivity contribution in [3.63, 3.8) is 0 Å². The molecule has 0 aliphatic heterocycles. The van der Waals surface area contributed by atoms with Crippen molar-refractivity contribution >= 4 is 11.3 Å². The second kappa shape index (κ2) is 5.93. The van der Waals surface area contributed by atoms with Crippen LogP contribution in [0.25, 0.3) is 11.3 Å². The van der Waals surface area contributed by atoms with E-state index in [-0.39, 0.29) is 11.6 Å². The Hall–Kier alpha value is -1.46. The summed E-state index contributed by atoms with van der Waals surface area (Å²) in [4.78, 5) is 6.01. The van der Waals surface area contributed by atoms with Gasteiger partial charge in [0.05, 0.1) is 5.69 Å². The van der Waals surface area contributed by atoms with Crippen molar-refractivity contribution in [1.29, 1.82) is 0 Å². The fourth-order valence-corrected chi connectivity index (χ4v) is 1.94. The van der Waals surface area contributed by atoms with Crippen LogP contribution in [0.3, 0.4) is 0 Å². The first-order valence-corrected chi connectivity index (χ1v) is 6.44. The summed E-state index contributed by atoms with van der Waals surface area (Å²) in [6.45, 7) is 1.22. The smallest absolute Gasteiger partial charge is 0.165 e. The van der Waals surface area contributed by atoms with Crippen LogP contribution in [0.2, 0.25) is 0 Å². The third kappa shape index (κ3) is 3.27. The quantitative estimate of drug-likeness (QED) is 0.831. The fourth-order valence-electron chi connectivity index (χ4n) is 1.43. The van der Waals surface area contributed by atoms with Gasteiger partial charge in [-0.25, -0.2) is 9.37 Å². The van der Waals surface area contributed by atoms with Crippen LogP contribution in [0, 0.1) is 11.3 Å². The molecular formula is C13H14FN2OS. The molecule has 18 heavy (non-hydrogen) atoms. The number of likely N-dealkylation sites (N-methyl/N-ethyl adjacent to an activating group) is 1. The molecule has 95 valence electrons. The molecule has 0 saturated heterocycles. The lowest BCUT2D eigenvalue weighted by Gasteiger charge is -2.11. The molecule has 0 aliphatic rings. The normalized spacial score (nSPS) is 10.9. The van der Waals surface area contributed by atoms with Gasteiger partial charge in [0.25, 0.3) is 0 Å². The molecule has 1 aromatic heterocycles. The van der Waals surface area contributed by atoms with E-state index in [9.17, 15) is 4.39 Å². The number of thiazole rings is 1. The van der Waals surface area contributed by atoms with E-state index in [0.29, 0.717) is 6.61 Å². The van der Waals surface area contributed by atoms with Gasteiger partial charge in [0, 0.05) is 17.5 Å². The molecule has 1 heterocycles. The SMILES string of the molecule is CN(C)CCOc1ccc(-c2cs[c]n2)cc1F. The molecular weight excluding hydrogens is 251 g/mol. The fraction of sp³-hybridized carbons (Fsp3) is 0.308. The Morgan fingerprint density at radius 3 is 2.89 bits per heavy atom. The Bertz CT molecular complexity index is 500. The van der Waals surface area contributed by atoms with Gasteiger partial charge in [0.2, 0.25) is 0 Å². The minimum atomic E-state index is -0.362. The molecule has 0 bridgehead atoms. The highest BCUT2D eigenvalue weighted by Crippen LogP contribution is 2.25. The van der Waals surface area contributed by atoms with Crippen LogP contribution >= 0.6 is 11.3 Å². The maximum atomic E-state index is 13.8. The number of aromatic nitrogens is 1. The molecule has 1 radical (unpaired) electrons. The molecule has 0 aliphatic carbocycles. The van der Waals surface area contributed by atoms with Gasteiger partial charge in [-0.2, -0.15) is 0 Å². The molecule has 0 N–H and O–H groups in total. The van der Waals surface area contributed by atoms with E-state index in [1.54, 1.807) is 12.1 Å². The molecule has 5 heteroatoms. The lowest BCUT2D eigenvalue weighted by Crippen LogP contribution is -2.19. The van der Waals surface area contributed by atoms with E-state index in [0.717, 1.165) is 17.8 Å². The summed E-state index contributed by atoms with van der Waals surface area (Å²) < 4.78 is 19.2. The topological polar surface area (TPSA) is 25.4 Å². The van der Waals surface area contributed by atoms with Crippen LogP contribution in [0.5, 0.6) is 5.75 Å². The largest absolute Gasteiger partial charge is 0.489 e. The summed E-state index contributed by atoms with van der Waals surface area (Å²) in [5.74, 6) is -0.0842. The number of halogens is 1. The average Bonchev–Trinajstić information content (AvgIpc) is 2.84. The Morgan fingerprint density at radius 2 is 2.28 bits per heavy atom. The first kappa shape index (κ1) is 13.0. The molecule has 2 rings (SSSR count). The Balaban J connectivity index is 2.06. The van der Waals surface area contributed by atoms with Crippen molar-refractivity contribution < 1.29 is 9.13 Å². The van der Waals surface area contributed by atoms with Crippen LogP contribution in [0.4, 0.5) is 4.39 Å². The molecule has 0 spiro atoms. The highest BCUT2D eigenvalue weighted by atomic mass is 32.1. The van der Waals surface area contributed by atoms with E-state index in [1.807, 2.05) is 24.4 Å². The van der Waals surface area contributed by atoms with Crippen molar-refractivity contribution in [2.45, 2.75) is 0 Å². The second-order valence-corrected chi connectivity index (χ2v) is 4.77. The van der Waals surface area contributed by atoms with Crippen LogP contribution in [-0.2, 0) is 0 Å². The molecule has 0 atom stereocenters. The van der Waals surface area contributed by atoms with Gasteiger partial charge in [-0.05, 0) is 32.3 Å². The van der Waals surface area contributed by atoms with E-state index >= 15 is 0 Å². The van der Waals surface area contributed by atoms with Crippen molar-refractivity contribution in [3.05, 3.63) is 34.9 Å². The maximum absolute atomic E-state index is 13.8. The first-order chi connectivity index (χ1) is 8.66. The maximum Gasteiger partial charge on any atom is 0.165 e. The van der Waals surface area contributed by atoms with Crippen LogP contribution < -0.4 is 4.74 Å². The molecule has 0 saturated carbocycles. The Morgan fingerprint density at radius 1 is 1.44 bits per heavy atom. The number of benzene rings is 1. The van der Waals surface area contributed by atoms with Crippen molar-refractivity contribution in [1.82, 2.24) is 9.88 Å². The summed E-state index contributed by atoms with van der Waals surface area (Å²) in [6, 6.07) is 4.88. The third-order valence-electron chi connectivity index (χ3n) is 2.41. The standard InChI is InChI=1S/C13H14FN2OS/c1-16(2)5-6-17-13-4-3-10(7-11(13)14)12-8-18-9-15-12/h3-4,7-8H,5-6H2,1-2H3. The van der Waals surface area contributed by atoms with Gasteiger partial charge in [-0.3, -0.25) is 0 Å². The second-order valence-electron chi connectivity index (χ2n) is 4.12. The number of hydrogen-bond acceptors (Lipinski definition) is 4. The predicted octanol–water partition coefficient (Wildman–Crippen LogP) is 2.69. The lowest BCUT2D eigenvalue weighted by molar-refractivity contribution is 0.252. The van der Waals surface area contributed by atoms with Gasteiger partial charge in [0.15, 0.2) is 17.1 Å². The molecule has 0 unspecified atom stereocenters. The van der Waals surface area contributed by atoms with Crippen molar-refractivity contribution in [2.75, 3.05) is 27.2 Å². The number of nitrogens with zero attached hydrogens (tertiary/aromatic N) is 2. The first-order valence-electron chi connectivity index (χ1n) is 5.56. The van der Waals surface area contributed by atoms with E-state index < -0.39 is 0 Å². The minimum absolute atomic E-state index is 0.278. The van der Waals surface area contributed by atoms with Gasteiger partial charge in [-0.15, -0.1) is 11.3 Å². The Labute approximate surface area is 110 Å². The average molecular weight is 265 g/mol. The minimum Gasteiger partial charge on any atom is -0.489 e. The predicted molar refractivity (Wildman–Crippen MR) is 70.4 cm³/mol. The highest BCUT2D eigenvalue weighted by molar-refractivity contribution is 7.07. The summed E-state index contributed by atoms with van der Waals surface area (Å²) in [7, 11) is 3.89. The van der Waals surface area contributed by atoms with Crippen molar-refractivity contribution in [3.8, 4) is 17.0 Å². The monoisotopic (exact) mass is 265 g/mol. The molecule has 3 nitrogen and oxygen atoms in total. The summed E-state index contributed by atoms with van der Waals surface area (Å²) in [6.07, 6.45) is 0.